The molecule has 0 aliphatic carbocycles. The molecule has 5 heteroatoms. The molecule has 2 aromatic heterocycles. The summed E-state index contributed by atoms with van der Waals surface area (Å²) < 4.78 is 0. The summed E-state index contributed by atoms with van der Waals surface area (Å²) in [6, 6.07) is 2.26. The van der Waals surface area contributed by atoms with E-state index >= 15 is 0 Å². The number of hydrogen-bond acceptors (Lipinski definition) is 5. The van der Waals surface area contributed by atoms with E-state index in [9.17, 15) is 0 Å². The molecule has 0 spiro atoms. The van der Waals surface area contributed by atoms with Crippen LogP contribution in [0.1, 0.15) is 21.8 Å². The molecule has 3 heterocycles. The van der Waals surface area contributed by atoms with Crippen LogP contribution in [0.2, 0.25) is 0 Å². The van der Waals surface area contributed by atoms with E-state index in [1.807, 2.05) is 31.4 Å². The molecule has 0 aromatic carbocycles. The van der Waals surface area contributed by atoms with Crippen molar-refractivity contribution < 1.29 is 0 Å². The minimum Gasteiger partial charge on any atom is -0.367 e. The molecular weight excluding hydrogens is 268 g/mol. The molecule has 0 atom stereocenters. The second-order valence-electron chi connectivity index (χ2n) is 5.27. The first kappa shape index (κ1) is 13.5. The van der Waals surface area contributed by atoms with Gasteiger partial charge in [0.05, 0.1) is 11.4 Å². The third kappa shape index (κ3) is 2.99. The molecule has 0 saturated carbocycles. The Morgan fingerprint density at radius 1 is 1.40 bits per heavy atom. The van der Waals surface area contributed by atoms with Crippen molar-refractivity contribution in [2.24, 2.45) is 0 Å². The fourth-order valence-electron chi connectivity index (χ4n) is 2.54. The maximum atomic E-state index is 4.49. The van der Waals surface area contributed by atoms with Gasteiger partial charge in [-0.05, 0) is 37.3 Å². The van der Waals surface area contributed by atoms with Crippen LogP contribution in [-0.4, -0.2) is 34.5 Å². The number of thiophene rings is 1. The number of aryl methyl sites for hydroxylation is 2. The molecule has 0 fully saturated rings. The smallest absolute Gasteiger partial charge is 0.147 e. The Morgan fingerprint density at radius 3 is 3.20 bits per heavy atom. The highest BCUT2D eigenvalue weighted by Crippen LogP contribution is 2.23. The van der Waals surface area contributed by atoms with E-state index < -0.39 is 0 Å². The van der Waals surface area contributed by atoms with Crippen molar-refractivity contribution in [2.75, 3.05) is 25.0 Å². The van der Waals surface area contributed by atoms with Crippen molar-refractivity contribution >= 4 is 17.2 Å². The minimum absolute atomic E-state index is 0.915. The maximum absolute atomic E-state index is 4.49. The van der Waals surface area contributed by atoms with E-state index in [0.29, 0.717) is 0 Å². The average molecular weight is 288 g/mol. The summed E-state index contributed by atoms with van der Waals surface area (Å²) in [6.45, 7) is 8.17. The van der Waals surface area contributed by atoms with Gasteiger partial charge in [0.1, 0.15) is 5.82 Å². The second-order valence-corrected chi connectivity index (χ2v) is 6.27. The normalized spacial score (nSPS) is 15.1. The lowest BCUT2D eigenvalue weighted by Gasteiger charge is -2.26. The highest BCUT2D eigenvalue weighted by Gasteiger charge is 2.16. The van der Waals surface area contributed by atoms with Gasteiger partial charge in [-0.15, -0.1) is 11.3 Å². The molecule has 0 amide bonds. The number of rotatable bonds is 4. The number of nitrogens with zero attached hydrogens (tertiary/aromatic N) is 3. The van der Waals surface area contributed by atoms with Gasteiger partial charge < -0.3 is 5.32 Å². The molecule has 1 aliphatic heterocycles. The molecule has 4 nitrogen and oxygen atoms in total. The number of hydrogen-bond donors (Lipinski definition) is 1. The molecule has 0 saturated heterocycles. The van der Waals surface area contributed by atoms with Gasteiger partial charge in [0.2, 0.25) is 0 Å². The zero-order chi connectivity index (χ0) is 13.9. The molecule has 0 radical (unpaired) electrons. The van der Waals surface area contributed by atoms with E-state index in [0.717, 1.165) is 43.4 Å². The van der Waals surface area contributed by atoms with Crippen LogP contribution in [0, 0.1) is 13.8 Å². The Balaban J connectivity index is 1.52. The van der Waals surface area contributed by atoms with E-state index in [4.69, 9.17) is 0 Å². The summed E-state index contributed by atoms with van der Waals surface area (Å²) in [5.74, 6) is 0.915. The summed E-state index contributed by atoms with van der Waals surface area (Å²) in [6.07, 6.45) is 3.00. The predicted octanol–water partition coefficient (Wildman–Crippen LogP) is 2.63. The number of nitrogens with one attached hydrogen (secondary N) is 1. The van der Waals surface area contributed by atoms with Crippen LogP contribution < -0.4 is 5.32 Å². The monoisotopic (exact) mass is 288 g/mol. The van der Waals surface area contributed by atoms with Crippen LogP contribution in [0.3, 0.4) is 0 Å². The molecule has 3 rings (SSSR count). The van der Waals surface area contributed by atoms with Gasteiger partial charge >= 0.3 is 0 Å². The van der Waals surface area contributed by atoms with Crippen molar-refractivity contribution in [3.63, 3.8) is 0 Å². The van der Waals surface area contributed by atoms with Crippen molar-refractivity contribution in [3.8, 4) is 0 Å². The predicted molar refractivity (Wildman–Crippen MR) is 83.3 cm³/mol. The first-order valence-electron chi connectivity index (χ1n) is 7.04. The van der Waals surface area contributed by atoms with Gasteiger partial charge in [-0.2, -0.15) is 0 Å². The Morgan fingerprint density at radius 2 is 2.30 bits per heavy atom. The van der Waals surface area contributed by atoms with Gasteiger partial charge in [0.25, 0.3) is 0 Å². The third-order valence-corrected chi connectivity index (χ3v) is 4.71. The standard InChI is InChI=1S/C15H20N4S/c1-11-9-17-12(2)15(18-11)16-5-7-19-6-3-14-13(10-19)4-8-20-14/h4,8-9H,3,5-7,10H2,1-2H3,(H,16,18). The van der Waals surface area contributed by atoms with E-state index in [2.05, 4.69) is 31.6 Å². The zero-order valence-corrected chi connectivity index (χ0v) is 12.8. The van der Waals surface area contributed by atoms with Gasteiger partial charge in [-0.1, -0.05) is 0 Å². The summed E-state index contributed by atoms with van der Waals surface area (Å²) in [4.78, 5) is 12.9. The van der Waals surface area contributed by atoms with Crippen molar-refractivity contribution in [2.45, 2.75) is 26.8 Å². The summed E-state index contributed by atoms with van der Waals surface area (Å²) in [5.41, 5.74) is 3.43. The Kier molecular flexibility index (Phi) is 3.98. The summed E-state index contributed by atoms with van der Waals surface area (Å²) >= 11 is 1.89. The Hall–Kier alpha value is -1.46. The fraction of sp³-hybridized carbons (Fsp3) is 0.467. The highest BCUT2D eigenvalue weighted by atomic mass is 32.1. The summed E-state index contributed by atoms with van der Waals surface area (Å²) in [5, 5.41) is 5.61. The van der Waals surface area contributed by atoms with Crippen molar-refractivity contribution in [1.29, 1.82) is 0 Å². The highest BCUT2D eigenvalue weighted by molar-refractivity contribution is 7.10. The minimum atomic E-state index is 0.915. The fourth-order valence-corrected chi connectivity index (χ4v) is 3.42. The lowest BCUT2D eigenvalue weighted by molar-refractivity contribution is 0.266. The number of anilines is 1. The molecule has 1 N–H and O–H groups in total. The van der Waals surface area contributed by atoms with Crippen molar-refractivity contribution in [3.05, 3.63) is 39.5 Å². The molecule has 106 valence electrons. The first-order valence-corrected chi connectivity index (χ1v) is 7.92. The Labute approximate surface area is 123 Å². The molecule has 1 aliphatic rings. The summed E-state index contributed by atoms with van der Waals surface area (Å²) in [7, 11) is 0. The van der Waals surface area contributed by atoms with Crippen LogP contribution in [0.25, 0.3) is 0 Å². The zero-order valence-electron chi connectivity index (χ0n) is 12.0. The van der Waals surface area contributed by atoms with Gasteiger partial charge in [0.15, 0.2) is 0 Å². The lowest BCUT2D eigenvalue weighted by Crippen LogP contribution is -2.33. The van der Waals surface area contributed by atoms with E-state index in [1.165, 1.54) is 12.0 Å². The molecular formula is C15H20N4S. The molecule has 20 heavy (non-hydrogen) atoms. The molecule has 0 unspecified atom stereocenters. The number of aromatic nitrogens is 2. The number of fused-ring (bicyclic) bond motifs is 1. The average Bonchev–Trinajstić information content (AvgIpc) is 2.90. The third-order valence-electron chi connectivity index (χ3n) is 3.68. The first-order chi connectivity index (χ1) is 9.72. The second kappa shape index (κ2) is 5.89. The quantitative estimate of drug-likeness (QED) is 0.939. The lowest BCUT2D eigenvalue weighted by atomic mass is 10.1. The Bertz CT molecular complexity index is 593. The molecule has 0 bridgehead atoms. The SMILES string of the molecule is Cc1cnc(C)c(NCCN2CCc3sccc3C2)n1. The molecule has 2 aromatic rings. The van der Waals surface area contributed by atoms with Gasteiger partial charge in [-0.3, -0.25) is 9.88 Å². The largest absolute Gasteiger partial charge is 0.367 e. The van der Waals surface area contributed by atoms with E-state index in [1.54, 1.807) is 4.88 Å². The van der Waals surface area contributed by atoms with Crippen molar-refractivity contribution in [1.82, 2.24) is 14.9 Å². The van der Waals surface area contributed by atoms with Crippen LogP contribution in [0.15, 0.2) is 17.6 Å². The van der Waals surface area contributed by atoms with Crippen LogP contribution in [-0.2, 0) is 13.0 Å². The van der Waals surface area contributed by atoms with Crippen LogP contribution in [0.5, 0.6) is 0 Å². The van der Waals surface area contributed by atoms with E-state index in [-0.39, 0.29) is 0 Å². The topological polar surface area (TPSA) is 41.1 Å². The van der Waals surface area contributed by atoms with Crippen LogP contribution >= 0.6 is 11.3 Å². The maximum Gasteiger partial charge on any atom is 0.147 e. The van der Waals surface area contributed by atoms with Crippen LogP contribution in [0.4, 0.5) is 5.82 Å². The van der Waals surface area contributed by atoms with Gasteiger partial charge in [-0.25, -0.2) is 4.98 Å². The van der Waals surface area contributed by atoms with Gasteiger partial charge in [0, 0.05) is 37.3 Å².